The van der Waals surface area contributed by atoms with Gasteiger partial charge in [-0.1, -0.05) is 42.5 Å². The van der Waals surface area contributed by atoms with Crippen LogP contribution in [0.4, 0.5) is 13.2 Å². The lowest BCUT2D eigenvalue weighted by atomic mass is 10.1. The van der Waals surface area contributed by atoms with Gasteiger partial charge in [0.1, 0.15) is 5.82 Å². The standard InChI is InChI=1S/C18H14ClF3N2/c19-11-15-17(13-6-8-14(9-7-13)18(20,21)22)24-16(23-15)10-12-4-2-1-3-5-12/h1-9H,10-11H2,(H,23,24). The van der Waals surface area contributed by atoms with Gasteiger partial charge < -0.3 is 4.98 Å². The molecule has 0 saturated carbocycles. The number of nitrogens with one attached hydrogen (secondary N) is 1. The van der Waals surface area contributed by atoms with E-state index in [0.29, 0.717) is 23.4 Å². The Balaban J connectivity index is 1.90. The van der Waals surface area contributed by atoms with Crippen molar-refractivity contribution >= 4 is 11.6 Å². The zero-order chi connectivity index (χ0) is 17.2. The molecule has 1 heterocycles. The van der Waals surface area contributed by atoms with Gasteiger partial charge in [-0.15, -0.1) is 11.6 Å². The Kier molecular flexibility index (Phi) is 4.62. The van der Waals surface area contributed by atoms with Gasteiger partial charge >= 0.3 is 6.18 Å². The van der Waals surface area contributed by atoms with Crippen molar-refractivity contribution < 1.29 is 13.2 Å². The van der Waals surface area contributed by atoms with Crippen LogP contribution < -0.4 is 0 Å². The Labute approximate surface area is 142 Å². The third-order valence-corrected chi connectivity index (χ3v) is 3.93. The van der Waals surface area contributed by atoms with Gasteiger partial charge in [0.05, 0.1) is 22.8 Å². The fourth-order valence-electron chi connectivity index (χ4n) is 2.49. The van der Waals surface area contributed by atoms with E-state index in [1.54, 1.807) is 0 Å². The van der Waals surface area contributed by atoms with E-state index in [4.69, 9.17) is 11.6 Å². The molecule has 0 fully saturated rings. The fraction of sp³-hybridized carbons (Fsp3) is 0.167. The molecule has 1 N–H and O–H groups in total. The van der Waals surface area contributed by atoms with Crippen molar-refractivity contribution in [2.75, 3.05) is 0 Å². The SMILES string of the molecule is FC(F)(F)c1ccc(-c2nc(Cc3ccccc3)[nH]c2CCl)cc1. The van der Waals surface area contributed by atoms with Gasteiger partial charge in [0.25, 0.3) is 0 Å². The van der Waals surface area contributed by atoms with Crippen molar-refractivity contribution in [2.45, 2.75) is 18.5 Å². The highest BCUT2D eigenvalue weighted by Gasteiger charge is 2.30. The molecule has 0 bridgehead atoms. The van der Waals surface area contributed by atoms with Crippen LogP contribution in [0.15, 0.2) is 54.6 Å². The second-order valence-corrected chi connectivity index (χ2v) is 5.65. The number of H-pyrrole nitrogens is 1. The van der Waals surface area contributed by atoms with E-state index < -0.39 is 11.7 Å². The maximum absolute atomic E-state index is 12.7. The van der Waals surface area contributed by atoms with E-state index in [1.807, 2.05) is 30.3 Å². The maximum Gasteiger partial charge on any atom is 0.416 e. The molecule has 3 rings (SSSR count). The van der Waals surface area contributed by atoms with Gasteiger partial charge in [-0.05, 0) is 17.7 Å². The summed E-state index contributed by atoms with van der Waals surface area (Å²) in [6, 6.07) is 14.7. The second kappa shape index (κ2) is 6.69. The summed E-state index contributed by atoms with van der Waals surface area (Å²) in [5.74, 6) is 0.935. The molecular formula is C18H14ClF3N2. The van der Waals surface area contributed by atoms with E-state index in [0.717, 1.165) is 23.5 Å². The number of benzene rings is 2. The lowest BCUT2D eigenvalue weighted by molar-refractivity contribution is -0.137. The third kappa shape index (κ3) is 3.62. The van der Waals surface area contributed by atoms with Crippen molar-refractivity contribution in [3.8, 4) is 11.3 Å². The van der Waals surface area contributed by atoms with Gasteiger partial charge in [0, 0.05) is 12.0 Å². The quantitative estimate of drug-likeness (QED) is 0.625. The van der Waals surface area contributed by atoms with Crippen LogP contribution in [0, 0.1) is 0 Å². The summed E-state index contributed by atoms with van der Waals surface area (Å²) in [5, 5.41) is 0. The van der Waals surface area contributed by atoms with E-state index in [9.17, 15) is 13.2 Å². The lowest BCUT2D eigenvalue weighted by Crippen LogP contribution is -2.04. The number of rotatable bonds is 4. The molecule has 2 nitrogen and oxygen atoms in total. The average Bonchev–Trinajstić information content (AvgIpc) is 2.98. The number of nitrogens with zero attached hydrogens (tertiary/aromatic N) is 1. The molecule has 1 aromatic heterocycles. The van der Waals surface area contributed by atoms with Crippen LogP contribution in [0.1, 0.15) is 22.6 Å². The highest BCUT2D eigenvalue weighted by atomic mass is 35.5. The first-order valence-electron chi connectivity index (χ1n) is 7.32. The molecule has 124 valence electrons. The van der Waals surface area contributed by atoms with Crippen molar-refractivity contribution in [1.82, 2.24) is 9.97 Å². The van der Waals surface area contributed by atoms with Gasteiger partial charge in [-0.25, -0.2) is 4.98 Å². The summed E-state index contributed by atoms with van der Waals surface area (Å²) >= 11 is 5.95. The van der Waals surface area contributed by atoms with Gasteiger partial charge in [0.15, 0.2) is 0 Å². The minimum absolute atomic E-state index is 0.206. The molecule has 24 heavy (non-hydrogen) atoms. The first kappa shape index (κ1) is 16.6. The number of aromatic nitrogens is 2. The molecule has 0 saturated heterocycles. The van der Waals surface area contributed by atoms with Crippen molar-refractivity contribution in [2.24, 2.45) is 0 Å². The predicted octanol–water partition coefficient (Wildman–Crippen LogP) is 5.43. The van der Waals surface area contributed by atoms with Crippen molar-refractivity contribution in [3.63, 3.8) is 0 Å². The molecular weight excluding hydrogens is 337 g/mol. The Hall–Kier alpha value is -2.27. The van der Waals surface area contributed by atoms with E-state index in [1.165, 1.54) is 12.1 Å². The Morgan fingerprint density at radius 1 is 0.958 bits per heavy atom. The summed E-state index contributed by atoms with van der Waals surface area (Å²) in [7, 11) is 0. The van der Waals surface area contributed by atoms with E-state index in [-0.39, 0.29) is 5.88 Å². The molecule has 0 unspecified atom stereocenters. The number of aromatic amines is 1. The van der Waals surface area contributed by atoms with Gasteiger partial charge in [-0.3, -0.25) is 0 Å². The zero-order valence-corrected chi connectivity index (χ0v) is 13.3. The van der Waals surface area contributed by atoms with Crippen LogP contribution in [-0.2, 0) is 18.5 Å². The monoisotopic (exact) mass is 350 g/mol. The summed E-state index contributed by atoms with van der Waals surface area (Å²) in [5.41, 5.74) is 2.30. The average molecular weight is 351 g/mol. The van der Waals surface area contributed by atoms with E-state index >= 15 is 0 Å². The number of hydrogen-bond acceptors (Lipinski definition) is 1. The minimum atomic E-state index is -4.35. The minimum Gasteiger partial charge on any atom is -0.344 e. The molecule has 0 radical (unpaired) electrons. The number of halogens is 4. The van der Waals surface area contributed by atoms with E-state index in [2.05, 4.69) is 9.97 Å². The number of hydrogen-bond donors (Lipinski definition) is 1. The fourth-order valence-corrected chi connectivity index (χ4v) is 2.68. The number of imidazole rings is 1. The highest BCUT2D eigenvalue weighted by molar-refractivity contribution is 6.17. The van der Waals surface area contributed by atoms with Crippen LogP contribution in [-0.4, -0.2) is 9.97 Å². The molecule has 0 amide bonds. The van der Waals surface area contributed by atoms with Crippen molar-refractivity contribution in [3.05, 3.63) is 77.2 Å². The summed E-state index contributed by atoms with van der Waals surface area (Å²) < 4.78 is 38.0. The molecule has 0 spiro atoms. The summed E-state index contributed by atoms with van der Waals surface area (Å²) in [6.07, 6.45) is -3.75. The topological polar surface area (TPSA) is 28.7 Å². The molecule has 2 aromatic carbocycles. The lowest BCUT2D eigenvalue weighted by Gasteiger charge is -2.07. The van der Waals surface area contributed by atoms with Crippen LogP contribution in [0.2, 0.25) is 0 Å². The van der Waals surface area contributed by atoms with Crippen molar-refractivity contribution in [1.29, 1.82) is 0 Å². The Bertz CT molecular complexity index is 809. The normalized spacial score (nSPS) is 11.7. The Morgan fingerprint density at radius 2 is 1.62 bits per heavy atom. The molecule has 0 aliphatic heterocycles. The predicted molar refractivity (Wildman–Crippen MR) is 87.8 cm³/mol. The summed E-state index contributed by atoms with van der Waals surface area (Å²) in [6.45, 7) is 0. The van der Waals surface area contributed by atoms with Crippen LogP contribution in [0.3, 0.4) is 0 Å². The first-order chi connectivity index (χ1) is 11.5. The maximum atomic E-state index is 12.7. The van der Waals surface area contributed by atoms with Crippen LogP contribution >= 0.6 is 11.6 Å². The third-order valence-electron chi connectivity index (χ3n) is 3.66. The second-order valence-electron chi connectivity index (χ2n) is 5.38. The summed E-state index contributed by atoms with van der Waals surface area (Å²) in [4.78, 5) is 7.68. The van der Waals surface area contributed by atoms with Crippen LogP contribution in [0.5, 0.6) is 0 Å². The first-order valence-corrected chi connectivity index (χ1v) is 7.86. The zero-order valence-electron chi connectivity index (χ0n) is 12.6. The molecule has 0 aliphatic carbocycles. The highest BCUT2D eigenvalue weighted by Crippen LogP contribution is 2.31. The molecule has 3 aromatic rings. The smallest absolute Gasteiger partial charge is 0.344 e. The van der Waals surface area contributed by atoms with Gasteiger partial charge in [-0.2, -0.15) is 13.2 Å². The van der Waals surface area contributed by atoms with Crippen LogP contribution in [0.25, 0.3) is 11.3 Å². The molecule has 0 aliphatic rings. The Morgan fingerprint density at radius 3 is 2.21 bits per heavy atom. The molecule has 6 heteroatoms. The number of alkyl halides is 4. The molecule has 0 atom stereocenters. The largest absolute Gasteiger partial charge is 0.416 e. The van der Waals surface area contributed by atoms with Gasteiger partial charge in [0.2, 0.25) is 0 Å².